The minimum atomic E-state index is -1.66. The molecule has 2 rings (SSSR count). The maximum Gasteiger partial charge on any atom is 0.326 e. The van der Waals surface area contributed by atoms with Crippen LogP contribution in [0.15, 0.2) is 0 Å². The van der Waals surface area contributed by atoms with Crippen LogP contribution >= 0.6 is 0 Å². The number of hydrogen-bond donors (Lipinski definition) is 11. The number of carbonyl (C=O) groups excluding carboxylic acids is 12. The Morgan fingerprint density at radius 2 is 0.779 bits per heavy atom. The van der Waals surface area contributed by atoms with E-state index in [0.29, 0.717) is 19.3 Å². The Balaban J connectivity index is 2.17. The fraction of sp³-hybridized carbons (Fsp3) is 0.783. The molecule has 0 aromatic carbocycles. The summed E-state index contributed by atoms with van der Waals surface area (Å²) in [6, 6.07) is -8.90. The number of aliphatic carboxylic acids is 1. The molecule has 0 saturated carbocycles. The van der Waals surface area contributed by atoms with Gasteiger partial charge in [0.15, 0.2) is 0 Å². The van der Waals surface area contributed by atoms with E-state index in [-0.39, 0.29) is 68.9 Å². The van der Waals surface area contributed by atoms with E-state index in [1.807, 2.05) is 55.4 Å². The molecule has 2 fully saturated rings. The van der Waals surface area contributed by atoms with Crippen LogP contribution in [-0.2, 0) is 62.3 Å². The molecule has 0 spiro atoms. The Bertz CT molecular complexity index is 2490. The third-order valence-electron chi connectivity index (χ3n) is 15.0. The Morgan fingerprint density at radius 1 is 0.419 bits per heavy atom. The molecule has 12 amide bonds. The predicted molar refractivity (Wildman–Crippen MR) is 322 cm³/mol. The van der Waals surface area contributed by atoms with Gasteiger partial charge in [-0.2, -0.15) is 0 Å². The highest BCUT2D eigenvalue weighted by molar-refractivity contribution is 6.01. The minimum Gasteiger partial charge on any atom is -0.480 e. The summed E-state index contributed by atoms with van der Waals surface area (Å²) >= 11 is 0. The highest BCUT2D eigenvalue weighted by Gasteiger charge is 2.47. The first-order valence-electron chi connectivity index (χ1n) is 30.3. The Morgan fingerprint density at radius 3 is 1.16 bits per heavy atom. The van der Waals surface area contributed by atoms with Crippen LogP contribution in [0.4, 0.5) is 0 Å². The van der Waals surface area contributed by atoms with Gasteiger partial charge < -0.3 is 68.1 Å². The first-order chi connectivity index (χ1) is 39.3. The van der Waals surface area contributed by atoms with Gasteiger partial charge in [-0.1, -0.05) is 69.2 Å². The second-order valence-corrected chi connectivity index (χ2v) is 27.5. The van der Waals surface area contributed by atoms with E-state index >= 15 is 0 Å². The van der Waals surface area contributed by atoms with Crippen molar-refractivity contribution < 1.29 is 67.4 Å². The lowest BCUT2D eigenvalue weighted by Gasteiger charge is -2.36. The monoisotopic (exact) mass is 1220 g/mol. The zero-order valence-electron chi connectivity index (χ0n) is 54.7. The Kier molecular flexibility index (Phi) is 27.7. The van der Waals surface area contributed by atoms with Crippen molar-refractivity contribution in [3.05, 3.63) is 0 Å². The van der Waals surface area contributed by atoms with E-state index in [2.05, 4.69) is 53.2 Å². The molecule has 2 heterocycles. The van der Waals surface area contributed by atoms with E-state index in [1.54, 1.807) is 13.8 Å². The fourth-order valence-electron chi connectivity index (χ4n) is 10.3. The fourth-order valence-corrected chi connectivity index (χ4v) is 10.3. The normalized spacial score (nSPS) is 17.8. The molecule has 2 aliphatic heterocycles. The molecule has 0 bridgehead atoms. The summed E-state index contributed by atoms with van der Waals surface area (Å²) in [6.45, 7) is 32.7. The molecular weight excluding hydrogens is 1110 g/mol. The average Bonchev–Trinajstić information content (AvgIpc) is 1.80. The van der Waals surface area contributed by atoms with Crippen LogP contribution in [0.5, 0.6) is 0 Å². The van der Waals surface area contributed by atoms with Crippen molar-refractivity contribution in [2.75, 3.05) is 13.1 Å². The lowest BCUT2D eigenvalue weighted by molar-refractivity contribution is -0.146. The van der Waals surface area contributed by atoms with Gasteiger partial charge in [0.25, 0.3) is 0 Å². The highest BCUT2D eigenvalue weighted by atomic mass is 16.4. The van der Waals surface area contributed by atoms with Gasteiger partial charge in [0.2, 0.25) is 70.9 Å². The Labute approximate surface area is 508 Å². The highest BCUT2D eigenvalue weighted by Crippen LogP contribution is 2.25. The Hall–Kier alpha value is -6.89. The zero-order chi connectivity index (χ0) is 66.3. The summed E-state index contributed by atoms with van der Waals surface area (Å²) in [7, 11) is 0. The van der Waals surface area contributed by atoms with Crippen molar-refractivity contribution in [3.8, 4) is 0 Å². The SMILES string of the molecule is CC(=O)N[C@@H](CC(C)C)C(=O)NC(C)(C)C(=O)N1CCC[C@H]1C(=O)NC(C)(C)C(=O)N[C@@H](CC(C)C)C(=O)NC(C)(C)C(=O)N1CCC[C@H]1C(=O)N[C@@H](C)C(=O)NC(C)(C)C(=O)N[C@@H](CC(C)C)C(=O)N[C@H](C(=O)N[C@@H](CC(C)C)C(=O)O)C(C)C. The minimum absolute atomic E-state index is 0.0449. The lowest BCUT2D eigenvalue weighted by Crippen LogP contribution is -2.65. The first-order valence-corrected chi connectivity index (χ1v) is 30.3. The van der Waals surface area contributed by atoms with Crippen LogP contribution in [0.1, 0.15) is 190 Å². The van der Waals surface area contributed by atoms with Crippen LogP contribution in [0, 0.1) is 29.6 Å². The van der Waals surface area contributed by atoms with Crippen molar-refractivity contribution in [2.45, 2.75) is 260 Å². The molecule has 11 N–H and O–H groups in total. The molecule has 86 heavy (non-hydrogen) atoms. The third kappa shape index (κ3) is 22.4. The van der Waals surface area contributed by atoms with Crippen LogP contribution in [-0.4, -0.2) is 175 Å². The number of nitrogens with one attached hydrogen (secondary N) is 10. The van der Waals surface area contributed by atoms with Crippen molar-refractivity contribution in [1.29, 1.82) is 0 Å². The van der Waals surface area contributed by atoms with E-state index in [4.69, 9.17) is 0 Å². The van der Waals surface area contributed by atoms with Gasteiger partial charge in [0.05, 0.1) is 0 Å². The topological polar surface area (TPSA) is 369 Å². The van der Waals surface area contributed by atoms with Crippen LogP contribution < -0.4 is 53.2 Å². The number of amides is 12. The van der Waals surface area contributed by atoms with Crippen LogP contribution in [0.25, 0.3) is 0 Å². The summed E-state index contributed by atoms with van der Waals surface area (Å²) in [5, 5.41) is 36.4. The summed E-state index contributed by atoms with van der Waals surface area (Å²) in [4.78, 5) is 179. The molecule has 0 aromatic heterocycles. The largest absolute Gasteiger partial charge is 0.480 e. The number of hydrogen-bond acceptors (Lipinski definition) is 13. The van der Waals surface area contributed by atoms with Gasteiger partial charge in [-0.05, 0) is 143 Å². The molecule has 0 aliphatic carbocycles. The van der Waals surface area contributed by atoms with Crippen molar-refractivity contribution >= 4 is 76.9 Å². The van der Waals surface area contributed by atoms with Gasteiger partial charge >= 0.3 is 5.97 Å². The smallest absolute Gasteiger partial charge is 0.326 e. The van der Waals surface area contributed by atoms with E-state index < -0.39 is 153 Å². The summed E-state index contributed by atoms with van der Waals surface area (Å²) in [5.41, 5.74) is -6.41. The quantitative estimate of drug-likeness (QED) is 0.0468. The number of rotatable bonds is 31. The number of carbonyl (C=O) groups is 13. The van der Waals surface area contributed by atoms with Gasteiger partial charge in [0, 0.05) is 20.0 Å². The number of carboxylic acids is 1. The van der Waals surface area contributed by atoms with Gasteiger partial charge in [-0.25, -0.2) is 4.79 Å². The molecule has 2 saturated heterocycles. The summed E-state index contributed by atoms with van der Waals surface area (Å²) in [5.74, 6) is -9.77. The van der Waals surface area contributed by atoms with E-state index in [0.717, 1.165) is 0 Å². The molecule has 8 atom stereocenters. The van der Waals surface area contributed by atoms with Gasteiger partial charge in [-0.3, -0.25) is 57.5 Å². The second-order valence-electron chi connectivity index (χ2n) is 27.5. The lowest BCUT2D eigenvalue weighted by atomic mass is 9.97. The molecular formula is C60H104N12O14. The first kappa shape index (κ1) is 75.2. The second kappa shape index (κ2) is 31.7. The summed E-state index contributed by atoms with van der Waals surface area (Å²) < 4.78 is 0. The summed E-state index contributed by atoms with van der Waals surface area (Å²) in [6.07, 6.45) is 2.10. The van der Waals surface area contributed by atoms with E-state index in [1.165, 1.54) is 79.0 Å². The molecule has 26 heteroatoms. The maximum atomic E-state index is 14.3. The predicted octanol–water partition coefficient (Wildman–Crippen LogP) is 1.42. The molecule has 2 aliphatic rings. The molecule has 0 unspecified atom stereocenters. The van der Waals surface area contributed by atoms with Crippen LogP contribution in [0.3, 0.4) is 0 Å². The van der Waals surface area contributed by atoms with Crippen molar-refractivity contribution in [2.24, 2.45) is 29.6 Å². The number of nitrogens with zero attached hydrogens (tertiary/aromatic N) is 2. The number of likely N-dealkylation sites (tertiary alicyclic amines) is 2. The third-order valence-corrected chi connectivity index (χ3v) is 15.0. The van der Waals surface area contributed by atoms with Crippen molar-refractivity contribution in [1.82, 2.24) is 63.0 Å². The molecule has 0 aromatic rings. The molecule has 488 valence electrons. The maximum absolute atomic E-state index is 14.3. The number of carboxylic acid groups (broad SMARTS) is 1. The van der Waals surface area contributed by atoms with Crippen LogP contribution in [0.2, 0.25) is 0 Å². The molecule has 26 nitrogen and oxygen atoms in total. The average molecular weight is 1220 g/mol. The van der Waals surface area contributed by atoms with Gasteiger partial charge in [0.1, 0.15) is 70.5 Å². The van der Waals surface area contributed by atoms with E-state index in [9.17, 15) is 67.4 Å². The van der Waals surface area contributed by atoms with Crippen molar-refractivity contribution in [3.63, 3.8) is 0 Å². The molecule has 0 radical (unpaired) electrons. The zero-order valence-corrected chi connectivity index (χ0v) is 54.7. The standard InChI is InChI=1S/C60H104N12O14/c1-31(2)27-38(46(75)66-44(35(9)10)51(80)63-41(52(81)82)30-34(7)8)64-53(83)57(13,14)67-45(74)36(11)61-49(78)42-23-21-25-71(42)55(85)59(17,18)69-48(77)40(29-33(5)6)65-54(84)58(15,16)70-50(79)43-24-22-26-72(43)56(86)60(19,20)68-47(76)39(28-32(3)4)62-37(12)73/h31-36,38-44H,21-30H2,1-20H3,(H,61,78)(H,62,73)(H,63,80)(H,64,83)(H,65,84)(H,66,75)(H,67,74)(H,68,76)(H,69,77)(H,70,79)(H,81,82)/t36-,38-,39-,40-,41-,42-,43-,44-/m0/s1. The van der Waals surface area contributed by atoms with Gasteiger partial charge in [-0.15, -0.1) is 0 Å².